The van der Waals surface area contributed by atoms with Crippen LogP contribution in [0, 0.1) is 0 Å². The van der Waals surface area contributed by atoms with Crippen molar-refractivity contribution >= 4 is 33.0 Å². The number of halogens is 1. The topological polar surface area (TPSA) is 64.6 Å². The van der Waals surface area contributed by atoms with E-state index >= 15 is 0 Å². The van der Waals surface area contributed by atoms with Crippen LogP contribution in [0.5, 0.6) is 5.75 Å². The molecule has 1 N–H and O–H groups in total. The lowest BCUT2D eigenvalue weighted by Crippen LogP contribution is -2.31. The zero-order chi connectivity index (χ0) is 17.6. The molecule has 0 saturated heterocycles. The number of nitrogens with one attached hydrogen (secondary N) is 1. The molecule has 2 aromatic rings. The lowest BCUT2D eigenvalue weighted by molar-refractivity contribution is 0.110. The Morgan fingerprint density at radius 2 is 1.88 bits per heavy atom. The molecular weight excluding hydrogens is 370 g/mol. The predicted molar refractivity (Wildman–Crippen MR) is 97.6 cm³/mol. The first-order valence-electron chi connectivity index (χ1n) is 7.32. The Labute approximate surface area is 151 Å². The number of thiophene rings is 1. The predicted octanol–water partition coefficient (Wildman–Crippen LogP) is 3.26. The van der Waals surface area contributed by atoms with E-state index in [1.165, 1.54) is 11.3 Å². The van der Waals surface area contributed by atoms with Crippen molar-refractivity contribution in [2.24, 2.45) is 0 Å². The normalized spacial score (nSPS) is 13.0. The Balaban J connectivity index is 1.88. The molecule has 0 fully saturated rings. The standard InChI is InChI=1S/C16H20ClNO4S2/c1-21-13-5-3-12(4-6-13)9-10-24(19,20)18-11-14(22-2)15-7-8-16(17)23-15/h3-8,14,18H,9-11H2,1-2H3/t14-/m0/s1. The van der Waals surface area contributed by atoms with Gasteiger partial charge in [-0.05, 0) is 36.2 Å². The average molecular weight is 390 g/mol. The molecule has 1 aromatic carbocycles. The molecule has 0 saturated carbocycles. The number of hydrogen-bond acceptors (Lipinski definition) is 5. The summed E-state index contributed by atoms with van der Waals surface area (Å²) in [6, 6.07) is 11.0. The van der Waals surface area contributed by atoms with E-state index < -0.39 is 10.0 Å². The molecule has 132 valence electrons. The Morgan fingerprint density at radius 3 is 2.42 bits per heavy atom. The summed E-state index contributed by atoms with van der Waals surface area (Å²) in [6.07, 6.45) is 0.0835. The van der Waals surface area contributed by atoms with Gasteiger partial charge in [0.1, 0.15) is 11.9 Å². The van der Waals surface area contributed by atoms with E-state index in [2.05, 4.69) is 4.72 Å². The van der Waals surface area contributed by atoms with Crippen LogP contribution >= 0.6 is 22.9 Å². The van der Waals surface area contributed by atoms with Gasteiger partial charge in [0, 0.05) is 18.5 Å². The van der Waals surface area contributed by atoms with Gasteiger partial charge in [0.05, 0.1) is 17.2 Å². The zero-order valence-corrected chi connectivity index (χ0v) is 15.9. The molecule has 0 aliphatic carbocycles. The van der Waals surface area contributed by atoms with Gasteiger partial charge in [-0.1, -0.05) is 23.7 Å². The Bertz CT molecular complexity index is 744. The quantitative estimate of drug-likeness (QED) is 0.714. The van der Waals surface area contributed by atoms with Gasteiger partial charge in [-0.2, -0.15) is 0 Å². The summed E-state index contributed by atoms with van der Waals surface area (Å²) in [6.45, 7) is 0.179. The van der Waals surface area contributed by atoms with Crippen molar-refractivity contribution in [3.8, 4) is 5.75 Å². The summed E-state index contributed by atoms with van der Waals surface area (Å²) >= 11 is 7.28. The van der Waals surface area contributed by atoms with Crippen LogP contribution in [-0.4, -0.2) is 34.9 Å². The maximum Gasteiger partial charge on any atom is 0.212 e. The van der Waals surface area contributed by atoms with Crippen molar-refractivity contribution in [3.05, 3.63) is 51.2 Å². The lowest BCUT2D eigenvalue weighted by atomic mass is 10.2. The first-order chi connectivity index (χ1) is 11.4. The molecule has 0 amide bonds. The van der Waals surface area contributed by atoms with E-state index in [0.717, 1.165) is 16.2 Å². The summed E-state index contributed by atoms with van der Waals surface area (Å²) in [5, 5.41) is 0. The molecule has 8 heteroatoms. The lowest BCUT2D eigenvalue weighted by Gasteiger charge is -2.15. The molecule has 0 bridgehead atoms. The third kappa shape index (κ3) is 5.75. The molecule has 0 unspecified atom stereocenters. The SMILES string of the molecule is COc1ccc(CCS(=O)(=O)NC[C@H](OC)c2ccc(Cl)s2)cc1. The monoisotopic (exact) mass is 389 g/mol. The van der Waals surface area contributed by atoms with E-state index in [9.17, 15) is 8.42 Å². The highest BCUT2D eigenvalue weighted by molar-refractivity contribution is 7.89. The van der Waals surface area contributed by atoms with Crippen molar-refractivity contribution in [1.29, 1.82) is 0 Å². The Kier molecular flexibility index (Phi) is 7.06. The van der Waals surface area contributed by atoms with E-state index in [0.29, 0.717) is 10.8 Å². The number of benzene rings is 1. The minimum Gasteiger partial charge on any atom is -0.497 e. The van der Waals surface area contributed by atoms with Crippen LogP contribution < -0.4 is 9.46 Å². The van der Waals surface area contributed by atoms with Crippen molar-refractivity contribution < 1.29 is 17.9 Å². The fourth-order valence-corrected chi connectivity index (χ4v) is 4.31. The molecule has 1 atom stereocenters. The summed E-state index contributed by atoms with van der Waals surface area (Å²) in [5.74, 6) is 0.762. The maximum atomic E-state index is 12.2. The highest BCUT2D eigenvalue weighted by Crippen LogP contribution is 2.28. The van der Waals surface area contributed by atoms with Crippen molar-refractivity contribution in [1.82, 2.24) is 4.72 Å². The second-order valence-electron chi connectivity index (χ2n) is 5.13. The summed E-state index contributed by atoms with van der Waals surface area (Å²) in [4.78, 5) is 0.889. The molecule has 1 aromatic heterocycles. The van der Waals surface area contributed by atoms with Crippen LogP contribution in [-0.2, 0) is 21.2 Å². The van der Waals surface area contributed by atoms with Gasteiger partial charge < -0.3 is 9.47 Å². The van der Waals surface area contributed by atoms with Crippen LogP contribution in [0.3, 0.4) is 0 Å². The van der Waals surface area contributed by atoms with Crippen LogP contribution in [0.25, 0.3) is 0 Å². The molecule has 0 spiro atoms. The van der Waals surface area contributed by atoms with Gasteiger partial charge in [0.15, 0.2) is 0 Å². The van der Waals surface area contributed by atoms with Gasteiger partial charge in [0.25, 0.3) is 0 Å². The number of aryl methyl sites for hydroxylation is 1. The molecular formula is C16H20ClNO4S2. The van der Waals surface area contributed by atoms with Crippen LogP contribution in [0.2, 0.25) is 4.34 Å². The Morgan fingerprint density at radius 1 is 1.17 bits per heavy atom. The van der Waals surface area contributed by atoms with Gasteiger partial charge in [-0.15, -0.1) is 11.3 Å². The summed E-state index contributed by atoms with van der Waals surface area (Å²) in [7, 11) is -0.252. The number of hydrogen-bond donors (Lipinski definition) is 1. The maximum absolute atomic E-state index is 12.2. The molecule has 5 nitrogen and oxygen atoms in total. The number of rotatable bonds is 9. The molecule has 24 heavy (non-hydrogen) atoms. The molecule has 0 aliphatic heterocycles. The highest BCUT2D eigenvalue weighted by Gasteiger charge is 2.17. The van der Waals surface area contributed by atoms with Gasteiger partial charge >= 0.3 is 0 Å². The molecule has 1 heterocycles. The molecule has 0 radical (unpaired) electrons. The van der Waals surface area contributed by atoms with E-state index in [1.54, 1.807) is 20.3 Å². The number of ether oxygens (including phenoxy) is 2. The smallest absolute Gasteiger partial charge is 0.212 e. The minimum absolute atomic E-state index is 0.0148. The fourth-order valence-electron chi connectivity index (χ4n) is 2.12. The highest BCUT2D eigenvalue weighted by atomic mass is 35.5. The zero-order valence-electron chi connectivity index (χ0n) is 13.5. The number of methoxy groups -OCH3 is 2. The third-order valence-electron chi connectivity index (χ3n) is 3.50. The van der Waals surface area contributed by atoms with E-state index in [1.807, 2.05) is 30.3 Å². The first-order valence-corrected chi connectivity index (χ1v) is 10.2. The van der Waals surface area contributed by atoms with E-state index in [4.69, 9.17) is 21.1 Å². The largest absolute Gasteiger partial charge is 0.497 e. The fraction of sp³-hybridized carbons (Fsp3) is 0.375. The van der Waals surface area contributed by atoms with Gasteiger partial charge in [-0.3, -0.25) is 0 Å². The summed E-state index contributed by atoms with van der Waals surface area (Å²) in [5.41, 5.74) is 0.939. The second-order valence-corrected chi connectivity index (χ2v) is 8.80. The van der Waals surface area contributed by atoms with Crippen molar-refractivity contribution in [2.75, 3.05) is 26.5 Å². The van der Waals surface area contributed by atoms with Crippen LogP contribution in [0.15, 0.2) is 36.4 Å². The minimum atomic E-state index is -3.39. The molecule has 2 rings (SSSR count). The van der Waals surface area contributed by atoms with Gasteiger partial charge in [-0.25, -0.2) is 13.1 Å². The van der Waals surface area contributed by atoms with Crippen molar-refractivity contribution in [3.63, 3.8) is 0 Å². The first kappa shape index (κ1) is 19.2. The van der Waals surface area contributed by atoms with Gasteiger partial charge in [0.2, 0.25) is 10.0 Å². The second kappa shape index (κ2) is 8.82. The third-order valence-corrected chi connectivity index (χ3v) is 6.17. The average Bonchev–Trinajstić information content (AvgIpc) is 3.00. The number of sulfonamides is 1. The van der Waals surface area contributed by atoms with Crippen molar-refractivity contribution in [2.45, 2.75) is 12.5 Å². The Hall–Kier alpha value is -1.12. The van der Waals surface area contributed by atoms with E-state index in [-0.39, 0.29) is 18.4 Å². The van der Waals surface area contributed by atoms with Crippen LogP contribution in [0.1, 0.15) is 16.5 Å². The summed E-state index contributed by atoms with van der Waals surface area (Å²) < 4.78 is 38.0. The molecule has 0 aliphatic rings. The van der Waals surface area contributed by atoms with Crippen LogP contribution in [0.4, 0.5) is 0 Å².